The van der Waals surface area contributed by atoms with Crippen LogP contribution in [0.4, 0.5) is 5.69 Å². The molecule has 3 rings (SSSR count). The molecule has 0 atom stereocenters. The SMILES string of the molecule is CON(C)S(=O)(=O)c1cccc(C(=O)Nc2ccc(Oc3cccc(C(N)=O)c3)nc2)c1. The van der Waals surface area contributed by atoms with Gasteiger partial charge < -0.3 is 15.8 Å². The molecule has 2 amide bonds. The van der Waals surface area contributed by atoms with Crippen molar-refractivity contribution in [3.63, 3.8) is 0 Å². The van der Waals surface area contributed by atoms with Gasteiger partial charge in [-0.2, -0.15) is 0 Å². The number of amides is 2. The quantitative estimate of drug-likeness (QED) is 0.496. The summed E-state index contributed by atoms with van der Waals surface area (Å²) in [5, 5.41) is 2.64. The first-order chi connectivity index (χ1) is 15.2. The van der Waals surface area contributed by atoms with E-state index in [1.165, 1.54) is 56.8 Å². The second-order valence-corrected chi connectivity index (χ2v) is 8.39. The zero-order chi connectivity index (χ0) is 23.3. The summed E-state index contributed by atoms with van der Waals surface area (Å²) in [5.41, 5.74) is 6.06. The summed E-state index contributed by atoms with van der Waals surface area (Å²) >= 11 is 0. The van der Waals surface area contributed by atoms with Crippen molar-refractivity contribution in [3.8, 4) is 11.6 Å². The van der Waals surface area contributed by atoms with Gasteiger partial charge in [-0.25, -0.2) is 13.4 Å². The average molecular weight is 456 g/mol. The molecule has 0 aliphatic carbocycles. The van der Waals surface area contributed by atoms with Gasteiger partial charge in [0.15, 0.2) is 0 Å². The summed E-state index contributed by atoms with van der Waals surface area (Å²) in [6, 6.07) is 15.0. The predicted molar refractivity (Wildman–Crippen MR) is 116 cm³/mol. The molecule has 0 saturated heterocycles. The first-order valence-electron chi connectivity index (χ1n) is 9.19. The van der Waals surface area contributed by atoms with Crippen LogP contribution in [0.2, 0.25) is 0 Å². The van der Waals surface area contributed by atoms with E-state index in [1.807, 2.05) is 0 Å². The Morgan fingerprint density at radius 1 is 1.03 bits per heavy atom. The Labute approximate surface area is 184 Å². The van der Waals surface area contributed by atoms with E-state index in [9.17, 15) is 18.0 Å². The molecule has 32 heavy (non-hydrogen) atoms. The molecule has 0 bridgehead atoms. The van der Waals surface area contributed by atoms with E-state index in [0.717, 1.165) is 0 Å². The minimum Gasteiger partial charge on any atom is -0.439 e. The van der Waals surface area contributed by atoms with Crippen molar-refractivity contribution in [2.24, 2.45) is 5.73 Å². The second kappa shape index (κ2) is 9.56. The Bertz CT molecular complexity index is 1250. The lowest BCUT2D eigenvalue weighted by molar-refractivity contribution is -0.0258. The average Bonchev–Trinajstić information content (AvgIpc) is 2.80. The van der Waals surface area contributed by atoms with Gasteiger partial charge in [-0.3, -0.25) is 14.4 Å². The number of ether oxygens (including phenoxy) is 1. The number of benzene rings is 2. The lowest BCUT2D eigenvalue weighted by Crippen LogP contribution is -2.26. The summed E-state index contributed by atoms with van der Waals surface area (Å²) < 4.78 is 31.0. The first kappa shape index (κ1) is 22.9. The Balaban J connectivity index is 1.71. The molecule has 10 nitrogen and oxygen atoms in total. The van der Waals surface area contributed by atoms with Gasteiger partial charge in [-0.15, -0.1) is 0 Å². The third-order valence-electron chi connectivity index (χ3n) is 4.32. The van der Waals surface area contributed by atoms with Crippen LogP contribution in [0.1, 0.15) is 20.7 Å². The number of hydrogen-bond acceptors (Lipinski definition) is 7. The summed E-state index contributed by atoms with van der Waals surface area (Å²) in [7, 11) is -1.41. The van der Waals surface area contributed by atoms with Crippen molar-refractivity contribution in [2.75, 3.05) is 19.5 Å². The van der Waals surface area contributed by atoms with Crippen molar-refractivity contribution in [3.05, 3.63) is 78.0 Å². The Morgan fingerprint density at radius 2 is 1.75 bits per heavy atom. The van der Waals surface area contributed by atoms with E-state index in [2.05, 4.69) is 10.3 Å². The molecule has 166 valence electrons. The molecular weight excluding hydrogens is 436 g/mol. The lowest BCUT2D eigenvalue weighted by Gasteiger charge is -2.14. The van der Waals surface area contributed by atoms with Crippen molar-refractivity contribution in [1.82, 2.24) is 9.45 Å². The molecule has 3 aromatic rings. The Kier molecular flexibility index (Phi) is 6.83. The molecule has 11 heteroatoms. The standard InChI is InChI=1S/C21H20N4O6S/c1-25(30-2)32(28,29)18-8-4-6-15(12-18)21(27)24-16-9-10-19(23-13-16)31-17-7-3-5-14(11-17)20(22)26/h3-13H,1-2H3,(H2,22,26)(H,24,27). The number of nitrogens with one attached hydrogen (secondary N) is 1. The van der Waals surface area contributed by atoms with Gasteiger partial charge in [0.05, 0.1) is 23.9 Å². The summed E-state index contributed by atoms with van der Waals surface area (Å²) in [6.07, 6.45) is 1.38. The van der Waals surface area contributed by atoms with Crippen molar-refractivity contribution in [1.29, 1.82) is 0 Å². The van der Waals surface area contributed by atoms with Crippen molar-refractivity contribution in [2.45, 2.75) is 4.90 Å². The van der Waals surface area contributed by atoms with Crippen LogP contribution in [-0.2, 0) is 14.9 Å². The number of aromatic nitrogens is 1. The maximum Gasteiger partial charge on any atom is 0.264 e. The zero-order valence-electron chi connectivity index (χ0n) is 17.2. The molecule has 0 radical (unpaired) electrons. The molecule has 1 heterocycles. The lowest BCUT2D eigenvalue weighted by atomic mass is 10.2. The number of carbonyl (C=O) groups excluding carboxylic acids is 2. The minimum atomic E-state index is -3.89. The Morgan fingerprint density at radius 3 is 2.41 bits per heavy atom. The number of nitrogens with zero attached hydrogens (tertiary/aromatic N) is 2. The van der Waals surface area contributed by atoms with Gasteiger partial charge in [-0.05, 0) is 42.5 Å². The minimum absolute atomic E-state index is 0.0884. The third-order valence-corrected chi connectivity index (χ3v) is 6.00. The van der Waals surface area contributed by atoms with Crippen LogP contribution in [0.3, 0.4) is 0 Å². The van der Waals surface area contributed by atoms with Crippen LogP contribution in [0.5, 0.6) is 11.6 Å². The van der Waals surface area contributed by atoms with E-state index in [0.29, 0.717) is 21.5 Å². The second-order valence-electron chi connectivity index (χ2n) is 6.46. The summed E-state index contributed by atoms with van der Waals surface area (Å²) in [5.74, 6) is -0.482. The number of pyridine rings is 1. The fraction of sp³-hybridized carbons (Fsp3) is 0.0952. The number of sulfonamides is 1. The number of hydrogen-bond donors (Lipinski definition) is 2. The summed E-state index contributed by atoms with van der Waals surface area (Å²) in [6.45, 7) is 0. The molecule has 0 saturated carbocycles. The van der Waals surface area contributed by atoms with Crippen LogP contribution in [0.25, 0.3) is 0 Å². The molecule has 0 aliphatic rings. The van der Waals surface area contributed by atoms with Gasteiger partial charge in [0.1, 0.15) is 5.75 Å². The monoisotopic (exact) mass is 456 g/mol. The first-order valence-corrected chi connectivity index (χ1v) is 10.6. The van der Waals surface area contributed by atoms with Crippen molar-refractivity contribution >= 4 is 27.5 Å². The molecule has 0 spiro atoms. The molecule has 0 fully saturated rings. The molecule has 0 unspecified atom stereocenters. The number of rotatable bonds is 8. The van der Waals surface area contributed by atoms with E-state index in [4.69, 9.17) is 15.3 Å². The fourth-order valence-electron chi connectivity index (χ4n) is 2.60. The van der Waals surface area contributed by atoms with Crippen LogP contribution < -0.4 is 15.8 Å². The van der Waals surface area contributed by atoms with E-state index >= 15 is 0 Å². The third kappa shape index (κ3) is 5.27. The van der Waals surface area contributed by atoms with Crippen LogP contribution >= 0.6 is 0 Å². The van der Waals surface area contributed by atoms with Gasteiger partial charge >= 0.3 is 0 Å². The van der Waals surface area contributed by atoms with Crippen LogP contribution in [-0.4, -0.2) is 43.8 Å². The topological polar surface area (TPSA) is 141 Å². The highest BCUT2D eigenvalue weighted by molar-refractivity contribution is 7.89. The molecule has 2 aromatic carbocycles. The number of anilines is 1. The number of carbonyl (C=O) groups is 2. The normalized spacial score (nSPS) is 11.2. The van der Waals surface area contributed by atoms with Crippen molar-refractivity contribution < 1.29 is 27.6 Å². The van der Waals surface area contributed by atoms with E-state index < -0.39 is 21.8 Å². The number of nitrogens with two attached hydrogens (primary N) is 1. The number of primary amides is 1. The number of hydroxylamine groups is 1. The largest absolute Gasteiger partial charge is 0.439 e. The summed E-state index contributed by atoms with van der Waals surface area (Å²) in [4.78, 5) is 32.6. The van der Waals surface area contributed by atoms with Gasteiger partial charge in [0.2, 0.25) is 11.8 Å². The van der Waals surface area contributed by atoms with Gasteiger partial charge in [0.25, 0.3) is 15.9 Å². The molecule has 0 aliphatic heterocycles. The molecule has 1 aromatic heterocycles. The van der Waals surface area contributed by atoms with E-state index in [1.54, 1.807) is 24.3 Å². The fourth-order valence-corrected chi connectivity index (χ4v) is 3.62. The maximum atomic E-state index is 12.6. The highest BCUT2D eigenvalue weighted by atomic mass is 32.2. The van der Waals surface area contributed by atoms with Gasteiger partial charge in [-0.1, -0.05) is 16.6 Å². The van der Waals surface area contributed by atoms with Gasteiger partial charge in [0, 0.05) is 24.2 Å². The smallest absolute Gasteiger partial charge is 0.264 e. The predicted octanol–water partition coefficient (Wildman–Crippen LogP) is 2.41. The molecular formula is C21H20N4O6S. The highest BCUT2D eigenvalue weighted by Gasteiger charge is 2.22. The van der Waals surface area contributed by atoms with E-state index in [-0.39, 0.29) is 16.3 Å². The van der Waals surface area contributed by atoms with Crippen LogP contribution in [0, 0.1) is 0 Å². The molecule has 3 N–H and O–H groups in total. The highest BCUT2D eigenvalue weighted by Crippen LogP contribution is 2.22. The maximum absolute atomic E-state index is 12.6. The Hall–Kier alpha value is -3.80. The van der Waals surface area contributed by atoms with Crippen LogP contribution in [0.15, 0.2) is 71.8 Å². The zero-order valence-corrected chi connectivity index (χ0v) is 18.0.